The van der Waals surface area contributed by atoms with E-state index in [0.717, 1.165) is 25.9 Å². The maximum Gasteiger partial charge on any atom is 0.159 e. The molecular formula is C13H17BrN3OPS2. The van der Waals surface area contributed by atoms with Crippen LogP contribution in [0.1, 0.15) is 6.92 Å². The fourth-order valence-corrected chi connectivity index (χ4v) is 4.05. The standard InChI is InChI=1S/C9H8BrN3S.C4H9OPS/c1-11-9-7(10)13-8(14-9)6-3-2-4-12-5-6;1-4(6-5)3-7-2/h2-5,11H,1H3;4H,3H2,1-2H3. The predicted molar refractivity (Wildman–Crippen MR) is 98.0 cm³/mol. The molecular weight excluding hydrogens is 389 g/mol. The van der Waals surface area contributed by atoms with Crippen LogP contribution in [0.15, 0.2) is 29.1 Å². The SMILES string of the molecule is CNc1sc(-c2cccnc2)nc1Br.CSCC(C)P=O. The van der Waals surface area contributed by atoms with Crippen molar-refractivity contribution in [1.82, 2.24) is 9.97 Å². The van der Waals surface area contributed by atoms with Crippen LogP contribution in [0.5, 0.6) is 0 Å². The number of nitrogens with zero attached hydrogens (tertiary/aromatic N) is 2. The van der Waals surface area contributed by atoms with E-state index in [-0.39, 0.29) is 8.46 Å². The number of hydrogen-bond acceptors (Lipinski definition) is 6. The van der Waals surface area contributed by atoms with Gasteiger partial charge in [-0.3, -0.25) is 9.55 Å². The molecule has 0 saturated heterocycles. The number of thioether (sulfide) groups is 1. The third kappa shape index (κ3) is 6.43. The molecule has 8 heteroatoms. The van der Waals surface area contributed by atoms with Crippen LogP contribution in [0.4, 0.5) is 5.00 Å². The van der Waals surface area contributed by atoms with Crippen LogP contribution in [0.25, 0.3) is 10.6 Å². The lowest BCUT2D eigenvalue weighted by Gasteiger charge is -1.93. The number of aromatic nitrogens is 2. The maximum absolute atomic E-state index is 9.98. The fraction of sp³-hybridized carbons (Fsp3) is 0.385. The van der Waals surface area contributed by atoms with Crippen LogP contribution in [-0.4, -0.2) is 34.7 Å². The number of pyridine rings is 1. The van der Waals surface area contributed by atoms with E-state index in [0.29, 0.717) is 5.66 Å². The van der Waals surface area contributed by atoms with Crippen molar-refractivity contribution in [3.8, 4) is 10.6 Å². The molecule has 0 aliphatic carbocycles. The Morgan fingerprint density at radius 3 is 2.76 bits per heavy atom. The lowest BCUT2D eigenvalue weighted by Crippen LogP contribution is -1.92. The number of halogens is 1. The van der Waals surface area contributed by atoms with Crippen LogP contribution in [0.2, 0.25) is 0 Å². The van der Waals surface area contributed by atoms with Crippen molar-refractivity contribution in [2.45, 2.75) is 12.6 Å². The lowest BCUT2D eigenvalue weighted by atomic mass is 10.3. The van der Waals surface area contributed by atoms with Crippen molar-refractivity contribution >= 4 is 52.5 Å². The molecule has 1 unspecified atom stereocenters. The lowest BCUT2D eigenvalue weighted by molar-refractivity contribution is 0.594. The molecule has 0 radical (unpaired) electrons. The van der Waals surface area contributed by atoms with Gasteiger partial charge in [-0.05, 0) is 34.3 Å². The summed E-state index contributed by atoms with van der Waals surface area (Å²) in [6.07, 6.45) is 5.58. The van der Waals surface area contributed by atoms with Gasteiger partial charge in [0, 0.05) is 36.4 Å². The highest BCUT2D eigenvalue weighted by Crippen LogP contribution is 2.34. The monoisotopic (exact) mass is 405 g/mol. The Labute approximate surface area is 143 Å². The minimum absolute atomic E-state index is 0.273. The number of thiazole rings is 1. The van der Waals surface area contributed by atoms with E-state index in [1.165, 1.54) is 0 Å². The van der Waals surface area contributed by atoms with Crippen molar-refractivity contribution in [3.05, 3.63) is 29.1 Å². The second kappa shape index (κ2) is 10.3. The van der Waals surface area contributed by atoms with Gasteiger partial charge in [-0.25, -0.2) is 4.98 Å². The van der Waals surface area contributed by atoms with Crippen molar-refractivity contribution in [1.29, 1.82) is 0 Å². The Hall–Kier alpha value is -0.490. The Balaban J connectivity index is 0.000000270. The second-order valence-electron chi connectivity index (χ2n) is 4.04. The van der Waals surface area contributed by atoms with E-state index >= 15 is 0 Å². The van der Waals surface area contributed by atoms with Crippen LogP contribution in [-0.2, 0) is 4.57 Å². The number of nitrogens with one attached hydrogen (secondary N) is 1. The van der Waals surface area contributed by atoms with Gasteiger partial charge in [-0.1, -0.05) is 18.3 Å². The average molecular weight is 406 g/mol. The molecule has 0 saturated carbocycles. The molecule has 0 bridgehead atoms. The number of rotatable bonds is 5. The summed E-state index contributed by atoms with van der Waals surface area (Å²) < 4.78 is 10.8. The van der Waals surface area contributed by atoms with Crippen molar-refractivity contribution in [3.63, 3.8) is 0 Å². The molecule has 4 nitrogen and oxygen atoms in total. The summed E-state index contributed by atoms with van der Waals surface area (Å²) in [5.74, 6) is 0.991. The second-order valence-corrected chi connectivity index (χ2v) is 7.79. The molecule has 1 atom stereocenters. The quantitative estimate of drug-likeness (QED) is 0.706. The first-order chi connectivity index (χ1) is 10.1. The van der Waals surface area contributed by atoms with Gasteiger partial charge in [0.05, 0.1) is 0 Å². The first kappa shape index (κ1) is 18.6. The fourth-order valence-electron chi connectivity index (χ4n) is 1.34. The first-order valence-corrected chi connectivity index (χ1v) is 10.1. The van der Waals surface area contributed by atoms with Crippen molar-refractivity contribution < 1.29 is 4.57 Å². The highest BCUT2D eigenvalue weighted by atomic mass is 79.9. The number of anilines is 1. The molecule has 0 aliphatic heterocycles. The molecule has 114 valence electrons. The molecule has 2 rings (SSSR count). The molecule has 0 fully saturated rings. The van der Waals surface area contributed by atoms with Crippen LogP contribution in [0, 0.1) is 0 Å². The zero-order chi connectivity index (χ0) is 15.7. The summed E-state index contributed by atoms with van der Waals surface area (Å²) in [7, 11) is 2.15. The molecule has 0 amide bonds. The molecule has 0 aromatic carbocycles. The molecule has 1 N–H and O–H groups in total. The van der Waals surface area contributed by atoms with Crippen LogP contribution in [0.3, 0.4) is 0 Å². The van der Waals surface area contributed by atoms with Gasteiger partial charge >= 0.3 is 0 Å². The topological polar surface area (TPSA) is 54.9 Å². The Bertz CT molecular complexity index is 554. The molecule has 2 aromatic rings. The van der Waals surface area contributed by atoms with E-state index < -0.39 is 0 Å². The molecule has 2 aromatic heterocycles. The van der Waals surface area contributed by atoms with E-state index in [2.05, 4.69) is 31.2 Å². The van der Waals surface area contributed by atoms with Gasteiger partial charge in [0.2, 0.25) is 0 Å². The zero-order valence-electron chi connectivity index (χ0n) is 12.0. The largest absolute Gasteiger partial charge is 0.378 e. The molecule has 2 heterocycles. The Kier molecular flexibility index (Phi) is 9.08. The van der Waals surface area contributed by atoms with E-state index in [1.807, 2.05) is 38.6 Å². The third-order valence-corrected chi connectivity index (χ3v) is 5.89. The summed E-state index contributed by atoms with van der Waals surface area (Å²) in [5.41, 5.74) is 1.37. The minimum Gasteiger partial charge on any atom is -0.378 e. The molecule has 21 heavy (non-hydrogen) atoms. The van der Waals surface area contributed by atoms with Crippen molar-refractivity contribution in [2.24, 2.45) is 0 Å². The highest BCUT2D eigenvalue weighted by Gasteiger charge is 2.08. The molecule has 0 aliphatic rings. The molecule has 0 spiro atoms. The van der Waals surface area contributed by atoms with E-state index in [1.54, 1.807) is 29.3 Å². The predicted octanol–water partition coefficient (Wildman–Crippen LogP) is 5.04. The van der Waals surface area contributed by atoms with Crippen molar-refractivity contribution in [2.75, 3.05) is 24.4 Å². The summed E-state index contributed by atoms with van der Waals surface area (Å²) in [5, 5.41) is 5.07. The Morgan fingerprint density at radius 2 is 2.33 bits per heavy atom. The summed E-state index contributed by atoms with van der Waals surface area (Å²) in [4.78, 5) is 8.44. The summed E-state index contributed by atoms with van der Waals surface area (Å²) >= 11 is 6.72. The van der Waals surface area contributed by atoms with Gasteiger partial charge in [0.1, 0.15) is 14.6 Å². The van der Waals surface area contributed by atoms with Crippen LogP contribution >= 0.6 is 47.5 Å². The van der Waals surface area contributed by atoms with E-state index in [9.17, 15) is 4.57 Å². The van der Waals surface area contributed by atoms with Gasteiger partial charge in [-0.15, -0.1) is 0 Å². The summed E-state index contributed by atoms with van der Waals surface area (Å²) in [6.45, 7) is 1.96. The van der Waals surface area contributed by atoms with Gasteiger partial charge < -0.3 is 5.32 Å². The Morgan fingerprint density at radius 1 is 1.57 bits per heavy atom. The zero-order valence-corrected chi connectivity index (χ0v) is 16.2. The minimum atomic E-state index is 0.273. The average Bonchev–Trinajstić information content (AvgIpc) is 2.90. The van der Waals surface area contributed by atoms with Crippen LogP contribution < -0.4 is 5.32 Å². The summed E-state index contributed by atoms with van der Waals surface area (Å²) in [6, 6.07) is 3.90. The smallest absolute Gasteiger partial charge is 0.159 e. The van der Waals surface area contributed by atoms with Gasteiger partial charge in [0.15, 0.2) is 8.46 Å². The van der Waals surface area contributed by atoms with Gasteiger partial charge in [-0.2, -0.15) is 11.8 Å². The van der Waals surface area contributed by atoms with Gasteiger partial charge in [0.25, 0.3) is 0 Å². The first-order valence-electron chi connectivity index (χ1n) is 6.18. The van der Waals surface area contributed by atoms with E-state index in [4.69, 9.17) is 0 Å². The normalized spacial score (nSPS) is 11.6. The number of hydrogen-bond donors (Lipinski definition) is 1. The third-order valence-electron chi connectivity index (χ3n) is 2.31. The maximum atomic E-state index is 9.98. The highest BCUT2D eigenvalue weighted by molar-refractivity contribution is 9.10.